The number of amidine groups is 1. The van der Waals surface area contributed by atoms with Crippen LogP contribution in [0.4, 0.5) is 5.69 Å². The number of nitrogens with zero attached hydrogens (tertiary/aromatic N) is 1. The van der Waals surface area contributed by atoms with Crippen molar-refractivity contribution in [3.05, 3.63) is 29.8 Å². The molecule has 4 rings (SSSR count). The molecule has 0 radical (unpaired) electrons. The van der Waals surface area contributed by atoms with Gasteiger partial charge in [-0.2, -0.15) is 0 Å². The van der Waals surface area contributed by atoms with Crippen molar-refractivity contribution in [2.75, 3.05) is 16.8 Å². The number of benzene rings is 1. The van der Waals surface area contributed by atoms with E-state index in [9.17, 15) is 13.2 Å². The predicted molar refractivity (Wildman–Crippen MR) is 119 cm³/mol. The molecule has 1 aromatic rings. The van der Waals surface area contributed by atoms with Gasteiger partial charge in [0, 0.05) is 17.0 Å². The lowest BCUT2D eigenvalue weighted by atomic mass is 9.96. The van der Waals surface area contributed by atoms with E-state index in [0.717, 1.165) is 29.3 Å². The minimum absolute atomic E-state index is 0.0405. The number of nitrogens with one attached hydrogen (secondary N) is 2. The first kappa shape index (κ1) is 20.7. The van der Waals surface area contributed by atoms with E-state index in [1.807, 2.05) is 24.3 Å². The van der Waals surface area contributed by atoms with Crippen LogP contribution in [-0.2, 0) is 21.1 Å². The summed E-state index contributed by atoms with van der Waals surface area (Å²) in [5.74, 6) is 0.470. The fraction of sp³-hybridized carbons (Fsp3) is 0.619. The number of thioether (sulfide) groups is 1. The number of anilines is 1. The maximum atomic E-state index is 12.4. The number of hydrogen-bond acceptors (Lipinski definition) is 6. The van der Waals surface area contributed by atoms with Gasteiger partial charge in [-0.25, -0.2) is 8.42 Å². The largest absolute Gasteiger partial charge is 0.353 e. The SMILES string of the molecule is O=C(Cc1ccc(NC2=N[C@H]3CS(=O)(=O)C[C@H]3S2)cc1)NC1CCCCCCC1. The molecule has 1 saturated carbocycles. The van der Waals surface area contributed by atoms with Gasteiger partial charge in [0.15, 0.2) is 15.0 Å². The molecule has 3 aliphatic rings. The number of rotatable bonds is 4. The zero-order valence-corrected chi connectivity index (χ0v) is 18.2. The minimum Gasteiger partial charge on any atom is -0.353 e. The number of hydrogen-bond donors (Lipinski definition) is 2. The van der Waals surface area contributed by atoms with Crippen LogP contribution in [0.25, 0.3) is 0 Å². The van der Waals surface area contributed by atoms with Gasteiger partial charge in [0.25, 0.3) is 0 Å². The Morgan fingerprint density at radius 1 is 1.03 bits per heavy atom. The molecule has 2 N–H and O–H groups in total. The maximum absolute atomic E-state index is 12.4. The fourth-order valence-corrected chi connectivity index (χ4v) is 7.99. The number of amides is 1. The molecular formula is C21H29N3O3S2. The molecule has 2 heterocycles. The highest BCUT2D eigenvalue weighted by atomic mass is 32.2. The summed E-state index contributed by atoms with van der Waals surface area (Å²) in [7, 11) is -2.93. The third-order valence-corrected chi connectivity index (χ3v) is 9.00. The molecule has 6 nitrogen and oxygen atoms in total. The number of carbonyl (C=O) groups excluding carboxylic acids is 1. The van der Waals surface area contributed by atoms with Crippen LogP contribution in [0.3, 0.4) is 0 Å². The normalized spacial score (nSPS) is 26.8. The molecule has 0 bridgehead atoms. The quantitative estimate of drug-likeness (QED) is 0.759. The number of sulfone groups is 1. The highest BCUT2D eigenvalue weighted by Crippen LogP contribution is 2.34. The van der Waals surface area contributed by atoms with Crippen LogP contribution < -0.4 is 10.6 Å². The Hall–Kier alpha value is -1.54. The van der Waals surface area contributed by atoms with Crippen molar-refractivity contribution in [3.63, 3.8) is 0 Å². The van der Waals surface area contributed by atoms with Gasteiger partial charge >= 0.3 is 0 Å². The van der Waals surface area contributed by atoms with Crippen LogP contribution in [0.15, 0.2) is 29.3 Å². The van der Waals surface area contributed by atoms with E-state index in [4.69, 9.17) is 0 Å². The van der Waals surface area contributed by atoms with Crippen LogP contribution in [-0.4, -0.2) is 48.3 Å². The van der Waals surface area contributed by atoms with E-state index >= 15 is 0 Å². The Morgan fingerprint density at radius 2 is 1.72 bits per heavy atom. The van der Waals surface area contributed by atoms with Gasteiger partial charge in [-0.3, -0.25) is 9.79 Å². The molecule has 2 aliphatic heterocycles. The standard InChI is InChI=1S/C21H29N3O3S2/c25-20(22-16-6-4-2-1-3-5-7-16)12-15-8-10-17(11-9-15)23-21-24-18-13-29(26,27)14-19(18)28-21/h8-11,16,18-19H,1-7,12-14H2,(H,22,25)(H,23,24)/t18-,19+/m0/s1. The molecule has 158 valence electrons. The van der Waals surface area contributed by atoms with E-state index in [1.165, 1.54) is 43.9 Å². The maximum Gasteiger partial charge on any atom is 0.224 e. The minimum atomic E-state index is -2.93. The van der Waals surface area contributed by atoms with Crippen molar-refractivity contribution in [2.24, 2.45) is 4.99 Å². The van der Waals surface area contributed by atoms with E-state index in [-0.39, 0.29) is 28.7 Å². The average Bonchev–Trinajstić information content (AvgIpc) is 3.11. The van der Waals surface area contributed by atoms with Crippen molar-refractivity contribution >= 4 is 38.4 Å². The Kier molecular flexibility index (Phi) is 6.49. The summed E-state index contributed by atoms with van der Waals surface area (Å²) in [6, 6.07) is 8.03. The molecule has 0 unspecified atom stereocenters. The second-order valence-electron chi connectivity index (χ2n) is 8.34. The molecule has 1 aliphatic carbocycles. The van der Waals surface area contributed by atoms with Crippen LogP contribution in [0, 0.1) is 0 Å². The van der Waals surface area contributed by atoms with Crippen molar-refractivity contribution in [3.8, 4) is 0 Å². The molecule has 1 amide bonds. The second-order valence-corrected chi connectivity index (χ2v) is 11.7. The second kappa shape index (κ2) is 9.08. The zero-order valence-electron chi connectivity index (χ0n) is 16.6. The summed E-state index contributed by atoms with van der Waals surface area (Å²) in [5.41, 5.74) is 1.89. The first-order chi connectivity index (χ1) is 14.0. The number of carbonyl (C=O) groups is 1. The molecule has 1 saturated heterocycles. The zero-order chi connectivity index (χ0) is 20.3. The molecule has 2 atom stereocenters. The summed E-state index contributed by atoms with van der Waals surface area (Å²) >= 11 is 1.51. The summed E-state index contributed by atoms with van der Waals surface area (Å²) in [4.78, 5) is 16.9. The van der Waals surface area contributed by atoms with E-state index in [2.05, 4.69) is 15.6 Å². The van der Waals surface area contributed by atoms with Crippen molar-refractivity contribution in [1.82, 2.24) is 5.32 Å². The van der Waals surface area contributed by atoms with Crippen molar-refractivity contribution in [1.29, 1.82) is 0 Å². The first-order valence-corrected chi connectivity index (χ1v) is 13.3. The molecule has 0 spiro atoms. The molecular weight excluding hydrogens is 406 g/mol. The monoisotopic (exact) mass is 435 g/mol. The first-order valence-electron chi connectivity index (χ1n) is 10.6. The summed E-state index contributed by atoms with van der Waals surface area (Å²) < 4.78 is 23.3. The average molecular weight is 436 g/mol. The Balaban J connectivity index is 1.26. The van der Waals surface area contributed by atoms with Crippen LogP contribution >= 0.6 is 11.8 Å². The third kappa shape index (κ3) is 5.75. The van der Waals surface area contributed by atoms with Gasteiger partial charge in [0.2, 0.25) is 5.91 Å². The summed E-state index contributed by atoms with van der Waals surface area (Å²) in [6.45, 7) is 0. The Labute approximate surface area is 177 Å². The predicted octanol–water partition coefficient (Wildman–Crippen LogP) is 3.14. The van der Waals surface area contributed by atoms with Gasteiger partial charge in [-0.05, 0) is 30.5 Å². The van der Waals surface area contributed by atoms with Gasteiger partial charge in [-0.1, -0.05) is 56.0 Å². The summed E-state index contributed by atoms with van der Waals surface area (Å²) in [5, 5.41) is 7.31. The topological polar surface area (TPSA) is 87.6 Å². The summed E-state index contributed by atoms with van der Waals surface area (Å²) in [6.07, 6.45) is 8.89. The van der Waals surface area contributed by atoms with Crippen LogP contribution in [0.2, 0.25) is 0 Å². The van der Waals surface area contributed by atoms with E-state index < -0.39 is 9.84 Å². The van der Waals surface area contributed by atoms with Gasteiger partial charge in [0.1, 0.15) is 0 Å². The van der Waals surface area contributed by atoms with Crippen LogP contribution in [0.5, 0.6) is 0 Å². The van der Waals surface area contributed by atoms with Crippen LogP contribution in [0.1, 0.15) is 50.5 Å². The smallest absolute Gasteiger partial charge is 0.224 e. The highest BCUT2D eigenvalue weighted by molar-refractivity contribution is 8.15. The van der Waals surface area contributed by atoms with Gasteiger partial charge in [-0.15, -0.1) is 0 Å². The molecule has 2 fully saturated rings. The molecule has 1 aromatic carbocycles. The highest BCUT2D eigenvalue weighted by Gasteiger charge is 2.42. The van der Waals surface area contributed by atoms with Gasteiger partial charge in [0.05, 0.1) is 24.0 Å². The number of fused-ring (bicyclic) bond motifs is 1. The van der Waals surface area contributed by atoms with Gasteiger partial charge < -0.3 is 10.6 Å². The molecule has 0 aromatic heterocycles. The van der Waals surface area contributed by atoms with E-state index in [1.54, 1.807) is 0 Å². The van der Waals surface area contributed by atoms with Crippen molar-refractivity contribution in [2.45, 2.75) is 68.7 Å². The molecule has 8 heteroatoms. The Morgan fingerprint density at radius 3 is 2.41 bits per heavy atom. The van der Waals surface area contributed by atoms with E-state index in [0.29, 0.717) is 12.5 Å². The lowest BCUT2D eigenvalue weighted by Crippen LogP contribution is -2.36. The number of aliphatic imine (C=N–C) groups is 1. The van der Waals surface area contributed by atoms with Crippen molar-refractivity contribution < 1.29 is 13.2 Å². The Bertz CT molecular complexity index is 860. The molecule has 29 heavy (non-hydrogen) atoms. The lowest BCUT2D eigenvalue weighted by molar-refractivity contribution is -0.121. The lowest BCUT2D eigenvalue weighted by Gasteiger charge is -2.21. The fourth-order valence-electron chi connectivity index (χ4n) is 4.31. The third-order valence-electron chi connectivity index (χ3n) is 5.86.